The molecule has 29 heavy (non-hydrogen) atoms. The summed E-state index contributed by atoms with van der Waals surface area (Å²) in [6, 6.07) is 15.0. The van der Waals surface area contributed by atoms with Gasteiger partial charge in [-0.05, 0) is 55.8 Å². The standard InChI is InChI=1S/C23H25N3O3/c1-17(27)18-7-9-20(10-8-18)24-12-14-25(15-13-24)23(29)19-4-2-5-21(16-19)26-11-3-6-22(26)28/h2,4-5,7-10,16H,3,6,11-15H2,1H3. The number of nitrogens with zero attached hydrogens (tertiary/aromatic N) is 3. The zero-order chi connectivity index (χ0) is 20.4. The maximum Gasteiger partial charge on any atom is 0.254 e. The van der Waals surface area contributed by atoms with Crippen molar-refractivity contribution in [2.24, 2.45) is 0 Å². The van der Waals surface area contributed by atoms with Gasteiger partial charge < -0.3 is 14.7 Å². The minimum atomic E-state index is 0.00470. The highest BCUT2D eigenvalue weighted by Crippen LogP contribution is 2.24. The van der Waals surface area contributed by atoms with Gasteiger partial charge in [-0.2, -0.15) is 0 Å². The molecule has 0 atom stereocenters. The van der Waals surface area contributed by atoms with Gasteiger partial charge in [0.15, 0.2) is 5.78 Å². The summed E-state index contributed by atoms with van der Waals surface area (Å²) < 4.78 is 0. The Morgan fingerprint density at radius 1 is 0.828 bits per heavy atom. The number of carbonyl (C=O) groups excluding carboxylic acids is 3. The first-order valence-electron chi connectivity index (χ1n) is 10.1. The second-order valence-corrected chi connectivity index (χ2v) is 7.58. The molecular formula is C23H25N3O3. The Kier molecular flexibility index (Phi) is 5.34. The van der Waals surface area contributed by atoms with Crippen molar-refractivity contribution in [2.75, 3.05) is 42.5 Å². The van der Waals surface area contributed by atoms with Crippen LogP contribution in [0, 0.1) is 0 Å². The third kappa shape index (κ3) is 4.01. The smallest absolute Gasteiger partial charge is 0.254 e. The van der Waals surface area contributed by atoms with E-state index in [1.165, 1.54) is 0 Å². The lowest BCUT2D eigenvalue weighted by molar-refractivity contribution is -0.117. The molecular weight excluding hydrogens is 366 g/mol. The fraction of sp³-hybridized carbons (Fsp3) is 0.348. The van der Waals surface area contributed by atoms with Gasteiger partial charge >= 0.3 is 0 Å². The average molecular weight is 391 g/mol. The van der Waals surface area contributed by atoms with Crippen LogP contribution in [0.3, 0.4) is 0 Å². The van der Waals surface area contributed by atoms with Crippen molar-refractivity contribution >= 4 is 29.0 Å². The number of rotatable bonds is 4. The minimum Gasteiger partial charge on any atom is -0.368 e. The van der Waals surface area contributed by atoms with Crippen molar-refractivity contribution in [3.8, 4) is 0 Å². The summed E-state index contributed by atoms with van der Waals surface area (Å²) in [6.07, 6.45) is 1.44. The maximum absolute atomic E-state index is 13.0. The molecule has 0 saturated carbocycles. The molecule has 0 unspecified atom stereocenters. The number of Topliss-reactive ketones (excluding diaryl/α,β-unsaturated/α-hetero) is 1. The molecule has 4 rings (SSSR count). The second kappa shape index (κ2) is 8.07. The van der Waals surface area contributed by atoms with Crippen LogP contribution in [0.2, 0.25) is 0 Å². The van der Waals surface area contributed by atoms with Gasteiger partial charge in [0.2, 0.25) is 5.91 Å². The topological polar surface area (TPSA) is 60.9 Å². The molecule has 2 fully saturated rings. The van der Waals surface area contributed by atoms with Crippen molar-refractivity contribution in [1.29, 1.82) is 0 Å². The molecule has 2 heterocycles. The van der Waals surface area contributed by atoms with Crippen LogP contribution < -0.4 is 9.80 Å². The van der Waals surface area contributed by atoms with Gasteiger partial charge in [0.05, 0.1) is 0 Å². The monoisotopic (exact) mass is 391 g/mol. The van der Waals surface area contributed by atoms with Crippen LogP contribution in [0.5, 0.6) is 0 Å². The van der Waals surface area contributed by atoms with Gasteiger partial charge in [-0.15, -0.1) is 0 Å². The van der Waals surface area contributed by atoms with Crippen LogP contribution in [0.15, 0.2) is 48.5 Å². The predicted octanol–water partition coefficient (Wildman–Crippen LogP) is 2.98. The van der Waals surface area contributed by atoms with E-state index in [9.17, 15) is 14.4 Å². The summed E-state index contributed by atoms with van der Waals surface area (Å²) in [4.78, 5) is 42.3. The third-order valence-electron chi connectivity index (χ3n) is 5.68. The van der Waals surface area contributed by atoms with Gasteiger partial charge in [-0.25, -0.2) is 0 Å². The second-order valence-electron chi connectivity index (χ2n) is 7.58. The van der Waals surface area contributed by atoms with Crippen LogP contribution in [0.4, 0.5) is 11.4 Å². The lowest BCUT2D eigenvalue weighted by Gasteiger charge is -2.36. The molecule has 6 nitrogen and oxygen atoms in total. The molecule has 6 heteroatoms. The highest BCUT2D eigenvalue weighted by Gasteiger charge is 2.25. The SMILES string of the molecule is CC(=O)c1ccc(N2CCN(C(=O)c3cccc(N4CCCC4=O)c3)CC2)cc1. The summed E-state index contributed by atoms with van der Waals surface area (Å²) >= 11 is 0. The zero-order valence-corrected chi connectivity index (χ0v) is 16.6. The van der Waals surface area contributed by atoms with E-state index in [1.807, 2.05) is 53.4 Å². The van der Waals surface area contributed by atoms with E-state index in [-0.39, 0.29) is 17.6 Å². The molecule has 0 aliphatic carbocycles. The Morgan fingerprint density at radius 2 is 1.55 bits per heavy atom. The molecule has 0 bridgehead atoms. The van der Waals surface area contributed by atoms with Crippen molar-refractivity contribution in [3.63, 3.8) is 0 Å². The molecule has 2 aliphatic rings. The number of anilines is 2. The first kappa shape index (κ1) is 19.2. The average Bonchev–Trinajstić information content (AvgIpc) is 3.19. The maximum atomic E-state index is 13.0. The van der Waals surface area contributed by atoms with E-state index >= 15 is 0 Å². The van der Waals surface area contributed by atoms with E-state index in [4.69, 9.17) is 0 Å². The van der Waals surface area contributed by atoms with Crippen molar-refractivity contribution in [2.45, 2.75) is 19.8 Å². The number of hydrogen-bond acceptors (Lipinski definition) is 4. The molecule has 2 aromatic rings. The van der Waals surface area contributed by atoms with Crippen LogP contribution in [0.25, 0.3) is 0 Å². The van der Waals surface area contributed by atoms with Gasteiger partial charge in [0.1, 0.15) is 0 Å². The highest BCUT2D eigenvalue weighted by atomic mass is 16.2. The lowest BCUT2D eigenvalue weighted by atomic mass is 10.1. The first-order valence-corrected chi connectivity index (χ1v) is 10.1. The van der Waals surface area contributed by atoms with E-state index in [2.05, 4.69) is 4.90 Å². The Morgan fingerprint density at radius 3 is 2.17 bits per heavy atom. The molecule has 0 radical (unpaired) electrons. The number of amides is 2. The van der Waals surface area contributed by atoms with E-state index in [0.29, 0.717) is 30.6 Å². The number of benzene rings is 2. The molecule has 0 spiro atoms. The van der Waals surface area contributed by atoms with Gasteiger partial charge in [-0.3, -0.25) is 14.4 Å². The fourth-order valence-electron chi connectivity index (χ4n) is 3.99. The predicted molar refractivity (Wildman–Crippen MR) is 113 cm³/mol. The fourth-order valence-corrected chi connectivity index (χ4v) is 3.99. The molecule has 2 aliphatic heterocycles. The Hall–Kier alpha value is -3.15. The summed E-state index contributed by atoms with van der Waals surface area (Å²) in [5, 5.41) is 0. The third-order valence-corrected chi connectivity index (χ3v) is 5.68. The highest BCUT2D eigenvalue weighted by molar-refractivity contribution is 5.99. The number of ketones is 1. The largest absolute Gasteiger partial charge is 0.368 e. The van der Waals surface area contributed by atoms with Crippen molar-refractivity contribution in [1.82, 2.24) is 4.90 Å². The quantitative estimate of drug-likeness (QED) is 0.752. The number of piperazine rings is 1. The van der Waals surface area contributed by atoms with E-state index in [1.54, 1.807) is 11.8 Å². The number of carbonyl (C=O) groups is 3. The Labute approximate surface area is 170 Å². The first-order chi connectivity index (χ1) is 14.0. The Balaban J connectivity index is 1.40. The normalized spacial score (nSPS) is 17.0. The van der Waals surface area contributed by atoms with Crippen LogP contribution >= 0.6 is 0 Å². The zero-order valence-electron chi connectivity index (χ0n) is 16.6. The van der Waals surface area contributed by atoms with Gasteiger partial charge in [-0.1, -0.05) is 6.07 Å². The number of hydrogen-bond donors (Lipinski definition) is 0. The van der Waals surface area contributed by atoms with Gasteiger partial charge in [0.25, 0.3) is 5.91 Å². The minimum absolute atomic E-state index is 0.00470. The van der Waals surface area contributed by atoms with Crippen LogP contribution in [-0.4, -0.2) is 55.2 Å². The van der Waals surface area contributed by atoms with Crippen molar-refractivity contribution < 1.29 is 14.4 Å². The summed E-state index contributed by atoms with van der Waals surface area (Å²) in [5.74, 6) is 0.189. The summed E-state index contributed by atoms with van der Waals surface area (Å²) in [5.41, 5.74) is 3.21. The molecule has 0 aromatic heterocycles. The molecule has 150 valence electrons. The van der Waals surface area contributed by atoms with Crippen LogP contribution in [-0.2, 0) is 4.79 Å². The summed E-state index contributed by atoms with van der Waals surface area (Å²) in [6.45, 7) is 5.05. The lowest BCUT2D eigenvalue weighted by Crippen LogP contribution is -2.48. The van der Waals surface area contributed by atoms with E-state index < -0.39 is 0 Å². The Bertz CT molecular complexity index is 931. The van der Waals surface area contributed by atoms with Crippen molar-refractivity contribution in [3.05, 3.63) is 59.7 Å². The van der Waals surface area contributed by atoms with Crippen LogP contribution in [0.1, 0.15) is 40.5 Å². The summed E-state index contributed by atoms with van der Waals surface area (Å²) in [7, 11) is 0. The van der Waals surface area contributed by atoms with E-state index in [0.717, 1.165) is 37.4 Å². The van der Waals surface area contributed by atoms with Gasteiger partial charge in [0, 0.05) is 61.6 Å². The molecule has 2 saturated heterocycles. The molecule has 0 N–H and O–H groups in total. The molecule has 2 amide bonds. The molecule has 2 aromatic carbocycles.